The van der Waals surface area contributed by atoms with Crippen molar-refractivity contribution < 1.29 is 0 Å². The van der Waals surface area contributed by atoms with Gasteiger partial charge >= 0.3 is 37.7 Å². The molecule has 12 N–H and O–H groups in total. The molecule has 0 saturated carbocycles. The van der Waals surface area contributed by atoms with E-state index in [4.69, 9.17) is 0 Å². The van der Waals surface area contributed by atoms with Gasteiger partial charge in [-0.1, -0.05) is 0 Å². The van der Waals surface area contributed by atoms with Crippen molar-refractivity contribution in [2.45, 2.75) is 0 Å². The van der Waals surface area contributed by atoms with E-state index >= 15 is 0 Å². The fraction of sp³-hybridized carbons (Fsp3) is 0. The zero-order valence-electron chi connectivity index (χ0n) is 4.69. The summed E-state index contributed by atoms with van der Waals surface area (Å²) >= 11 is 0. The Morgan fingerprint density at radius 3 is 0.429 bits per heavy atom. The number of rotatable bonds is 0. The Labute approximate surface area is 78.7 Å². The van der Waals surface area contributed by atoms with Gasteiger partial charge in [-0.15, -0.1) is 0 Å². The molecule has 0 aliphatic rings. The molecule has 0 fully saturated rings. The molecule has 7 heavy (non-hydrogen) atoms. The van der Waals surface area contributed by atoms with E-state index in [2.05, 4.69) is 0 Å². The van der Waals surface area contributed by atoms with E-state index in [-0.39, 0.29) is 79.2 Å². The van der Waals surface area contributed by atoms with Crippen LogP contribution in [-0.2, 0) is 0 Å². The minimum Gasteiger partial charge on any atom is -1.00 e. The fourth-order valence-electron chi connectivity index (χ4n) is 0. The number of hydrogen-bond acceptors (Lipinski definition) is 4. The summed E-state index contributed by atoms with van der Waals surface area (Å²) in [6.45, 7) is 0. The molecule has 0 aliphatic carbocycles. The van der Waals surface area contributed by atoms with Gasteiger partial charge in [0.15, 0.2) is 0 Å². The first kappa shape index (κ1) is 284. The molecule has 0 aromatic rings. The van der Waals surface area contributed by atoms with Crippen molar-refractivity contribution in [2.75, 3.05) is 0 Å². The summed E-state index contributed by atoms with van der Waals surface area (Å²) in [4.78, 5) is 0. The third-order valence-electron chi connectivity index (χ3n) is 0. The van der Waals surface area contributed by atoms with Crippen molar-refractivity contribution in [1.29, 1.82) is 0 Å². The molecule has 40 valence electrons. The van der Waals surface area contributed by atoms with Crippen molar-refractivity contribution in [2.24, 2.45) is 0 Å². The summed E-state index contributed by atoms with van der Waals surface area (Å²) in [5, 5.41) is 0. The van der Waals surface area contributed by atoms with Crippen LogP contribution in [-0.4, -0.2) is 54.6 Å². The summed E-state index contributed by atoms with van der Waals surface area (Å²) in [7, 11) is 0. The first-order chi connectivity index (χ1) is 0. The third kappa shape index (κ3) is 131. The Kier molecular flexibility index (Phi) is 7540. The van der Waals surface area contributed by atoms with Gasteiger partial charge in [0.1, 0.15) is 0 Å². The molecular weight excluding hydrogens is 118 g/mol. The van der Waals surface area contributed by atoms with Gasteiger partial charge in [0.25, 0.3) is 0 Å². The van der Waals surface area contributed by atoms with Gasteiger partial charge in [-0.05, 0) is 0 Å². The zero-order valence-corrected chi connectivity index (χ0v) is 6.90. The summed E-state index contributed by atoms with van der Waals surface area (Å²) in [6.07, 6.45) is 0. The smallest absolute Gasteiger partial charge is 1.00 e. The monoisotopic (exact) mass is 130 g/mol. The predicted molar refractivity (Wildman–Crippen MR) is 37.4 cm³/mol. The van der Waals surface area contributed by atoms with Crippen LogP contribution in [0.5, 0.6) is 0 Å². The Hall–Kier alpha value is 1.23. The van der Waals surface area contributed by atoms with E-state index in [1.807, 2.05) is 0 Å². The van der Waals surface area contributed by atoms with Gasteiger partial charge < -0.3 is 41.4 Å². The summed E-state index contributed by atoms with van der Waals surface area (Å²) in [6, 6.07) is 0. The SMILES string of the molecule is N.N.N.N.[B-].[B-].[Ca+2]. The molecule has 0 atom stereocenters. The van der Waals surface area contributed by atoms with Gasteiger partial charge in [0.05, 0.1) is 0 Å². The minimum atomic E-state index is 0. The molecule has 7 heteroatoms. The van der Waals surface area contributed by atoms with Gasteiger partial charge in [-0.2, -0.15) is 0 Å². The second kappa shape index (κ2) is 186. The Bertz CT molecular complexity index is 9.65. The van der Waals surface area contributed by atoms with E-state index in [1.54, 1.807) is 0 Å². The number of hydrogen-bond donors (Lipinski definition) is 4. The van der Waals surface area contributed by atoms with Crippen molar-refractivity contribution in [3.8, 4) is 0 Å². The topological polar surface area (TPSA) is 140 Å². The average molecular weight is 130 g/mol. The molecule has 0 rings (SSSR count). The first-order valence-electron chi connectivity index (χ1n) is 0. The predicted octanol–water partition coefficient (Wildman–Crippen LogP) is -0.494. The van der Waals surface area contributed by atoms with Crippen LogP contribution in [0.15, 0.2) is 0 Å². The Morgan fingerprint density at radius 1 is 0.429 bits per heavy atom. The van der Waals surface area contributed by atoms with E-state index in [1.165, 1.54) is 0 Å². The standard InChI is InChI=1S/2B.Ca.4H3N/h;;;4*1H3/q2*-1;+2;;;;. The third-order valence-corrected chi connectivity index (χ3v) is 0. The molecule has 0 amide bonds. The van der Waals surface area contributed by atoms with E-state index in [0.717, 1.165) is 0 Å². The van der Waals surface area contributed by atoms with E-state index in [9.17, 15) is 0 Å². The Morgan fingerprint density at radius 2 is 0.429 bits per heavy atom. The van der Waals surface area contributed by atoms with Crippen LogP contribution < -0.4 is 24.6 Å². The van der Waals surface area contributed by atoms with Crippen LogP contribution in [0, 0.1) is 0 Å². The molecular formula is H12B2CaN4. The minimum absolute atomic E-state index is 0. The molecule has 0 bridgehead atoms. The quantitative estimate of drug-likeness (QED) is 0.328. The fourth-order valence-corrected chi connectivity index (χ4v) is 0. The van der Waals surface area contributed by atoms with Gasteiger partial charge in [-0.25, -0.2) is 0 Å². The molecule has 0 aromatic carbocycles. The second-order valence-corrected chi connectivity index (χ2v) is 0. The normalized spacial score (nSPS) is 0. The maximum absolute atomic E-state index is 0. The molecule has 4 nitrogen and oxygen atoms in total. The molecule has 0 aromatic heterocycles. The molecule has 0 unspecified atom stereocenters. The Balaban J connectivity index is 0. The summed E-state index contributed by atoms with van der Waals surface area (Å²) in [5.74, 6) is 0. The van der Waals surface area contributed by atoms with Gasteiger partial charge in [0.2, 0.25) is 0 Å². The molecule has 0 aliphatic heterocycles. The molecule has 0 saturated heterocycles. The van der Waals surface area contributed by atoms with Crippen LogP contribution in [0.3, 0.4) is 0 Å². The van der Waals surface area contributed by atoms with E-state index < -0.39 is 0 Å². The van der Waals surface area contributed by atoms with Crippen molar-refractivity contribution in [1.82, 2.24) is 24.6 Å². The molecule has 0 spiro atoms. The van der Waals surface area contributed by atoms with Crippen LogP contribution >= 0.6 is 0 Å². The van der Waals surface area contributed by atoms with Gasteiger partial charge in [-0.3, -0.25) is 0 Å². The maximum atomic E-state index is 0. The van der Waals surface area contributed by atoms with Crippen molar-refractivity contribution >= 4 is 54.6 Å². The second-order valence-electron chi connectivity index (χ2n) is 0. The molecule has 8 radical (unpaired) electrons. The zero-order chi connectivity index (χ0) is 0. The van der Waals surface area contributed by atoms with Crippen LogP contribution in [0.2, 0.25) is 0 Å². The summed E-state index contributed by atoms with van der Waals surface area (Å²) < 4.78 is 0. The van der Waals surface area contributed by atoms with Crippen molar-refractivity contribution in [3.63, 3.8) is 0 Å². The van der Waals surface area contributed by atoms with Crippen LogP contribution in [0.25, 0.3) is 0 Å². The van der Waals surface area contributed by atoms with Crippen LogP contribution in [0.1, 0.15) is 0 Å². The first-order valence-corrected chi connectivity index (χ1v) is 0. The largest absolute Gasteiger partial charge is 2.00 e. The van der Waals surface area contributed by atoms with Crippen LogP contribution in [0.4, 0.5) is 0 Å². The molecule has 0 heterocycles. The van der Waals surface area contributed by atoms with E-state index in [0.29, 0.717) is 0 Å². The average Bonchev–Trinajstić information content (AvgIpc) is 0. The maximum Gasteiger partial charge on any atom is 2.00 e. The van der Waals surface area contributed by atoms with Gasteiger partial charge in [0, 0.05) is 0 Å². The summed E-state index contributed by atoms with van der Waals surface area (Å²) in [5.41, 5.74) is 0. The van der Waals surface area contributed by atoms with Crippen molar-refractivity contribution in [3.05, 3.63) is 0 Å².